The Bertz CT molecular complexity index is 683. The lowest BCUT2D eigenvalue weighted by atomic mass is 10.5. The Kier molecular flexibility index (Phi) is 1.88. The van der Waals surface area contributed by atoms with Gasteiger partial charge >= 0.3 is 10.1 Å². The molecule has 8 nitrogen and oxygen atoms in total. The van der Waals surface area contributed by atoms with E-state index in [1.54, 1.807) is 6.92 Å². The van der Waals surface area contributed by atoms with Gasteiger partial charge in [-0.05, 0) is 6.92 Å². The van der Waals surface area contributed by atoms with E-state index in [2.05, 4.69) is 15.1 Å². The normalized spacial score (nSPS) is 12.1. The van der Waals surface area contributed by atoms with Gasteiger partial charge < -0.3 is 0 Å². The molecule has 0 aliphatic heterocycles. The second-order valence-electron chi connectivity index (χ2n) is 2.87. The lowest BCUT2D eigenvalue weighted by molar-refractivity contribution is 0.474. The lowest BCUT2D eigenvalue weighted by Crippen LogP contribution is -2.14. The first-order valence-electron chi connectivity index (χ1n) is 3.82. The van der Waals surface area contributed by atoms with E-state index in [-0.39, 0.29) is 5.78 Å². The number of nitrogens with one attached hydrogen (secondary N) is 1. The molecule has 0 atom stereocenters. The van der Waals surface area contributed by atoms with E-state index < -0.39 is 20.8 Å². The summed E-state index contributed by atoms with van der Waals surface area (Å²) >= 11 is 0. The third-order valence-corrected chi connectivity index (χ3v) is 2.35. The first-order chi connectivity index (χ1) is 6.88. The van der Waals surface area contributed by atoms with Gasteiger partial charge in [0.05, 0.1) is 0 Å². The van der Waals surface area contributed by atoms with Crippen molar-refractivity contribution in [3.05, 3.63) is 22.1 Å². The molecular weight excluding hydrogens is 224 g/mol. The summed E-state index contributed by atoms with van der Waals surface area (Å²) in [7, 11) is -4.46. The van der Waals surface area contributed by atoms with Crippen molar-refractivity contribution >= 4 is 15.9 Å². The Hall–Kier alpha value is -1.74. The molecule has 80 valence electrons. The Labute approximate surface area is 83.3 Å². The summed E-state index contributed by atoms with van der Waals surface area (Å²) in [6.07, 6.45) is 0. The summed E-state index contributed by atoms with van der Waals surface area (Å²) in [5.41, 5.74) is -0.0895. The van der Waals surface area contributed by atoms with Crippen molar-refractivity contribution in [2.24, 2.45) is 0 Å². The highest BCUT2D eigenvalue weighted by Gasteiger charge is 2.16. The zero-order valence-corrected chi connectivity index (χ0v) is 8.32. The molecule has 0 unspecified atom stereocenters. The number of rotatable bonds is 1. The summed E-state index contributed by atoms with van der Waals surface area (Å²) in [6, 6.07) is 1.21. The lowest BCUT2D eigenvalue weighted by Gasteiger charge is -1.90. The maximum atomic E-state index is 11.3. The fourth-order valence-corrected chi connectivity index (χ4v) is 1.49. The largest absolute Gasteiger partial charge is 0.330 e. The molecule has 2 aromatic heterocycles. The van der Waals surface area contributed by atoms with Crippen LogP contribution in [0.4, 0.5) is 0 Å². The molecule has 0 saturated heterocycles. The quantitative estimate of drug-likeness (QED) is 0.605. The number of H-pyrrole nitrogens is 1. The van der Waals surface area contributed by atoms with E-state index in [9.17, 15) is 13.2 Å². The van der Waals surface area contributed by atoms with Crippen LogP contribution in [0.25, 0.3) is 5.78 Å². The monoisotopic (exact) mass is 230 g/mol. The van der Waals surface area contributed by atoms with Gasteiger partial charge in [-0.25, -0.2) is 4.98 Å². The Morgan fingerprint density at radius 3 is 2.73 bits per heavy atom. The number of hydrogen-bond donors (Lipinski definition) is 2. The number of hydrogen-bond acceptors (Lipinski definition) is 5. The fraction of sp³-hybridized carbons (Fsp3) is 0.167. The van der Waals surface area contributed by atoms with Crippen LogP contribution in [-0.2, 0) is 10.1 Å². The van der Waals surface area contributed by atoms with Crippen LogP contribution in [0.5, 0.6) is 0 Å². The summed E-state index contributed by atoms with van der Waals surface area (Å²) < 4.78 is 30.9. The first kappa shape index (κ1) is 9.80. The predicted molar refractivity (Wildman–Crippen MR) is 48.2 cm³/mol. The zero-order chi connectivity index (χ0) is 11.2. The maximum Gasteiger partial charge on any atom is 0.330 e. The molecule has 0 aromatic carbocycles. The van der Waals surface area contributed by atoms with Crippen LogP contribution in [0.2, 0.25) is 0 Å². The van der Waals surface area contributed by atoms with Gasteiger partial charge in [-0.3, -0.25) is 14.4 Å². The SMILES string of the molecule is Cc1cc(=O)n2[nH]c(S(=O)(=O)O)nc2n1. The van der Waals surface area contributed by atoms with E-state index in [0.717, 1.165) is 4.52 Å². The van der Waals surface area contributed by atoms with Crippen molar-refractivity contribution in [3.8, 4) is 0 Å². The Morgan fingerprint density at radius 1 is 1.47 bits per heavy atom. The Balaban J connectivity index is 2.89. The van der Waals surface area contributed by atoms with E-state index in [0.29, 0.717) is 5.69 Å². The van der Waals surface area contributed by atoms with Crippen LogP contribution >= 0.6 is 0 Å². The summed E-state index contributed by atoms with van der Waals surface area (Å²) in [4.78, 5) is 18.6. The van der Waals surface area contributed by atoms with Crippen LogP contribution in [0.3, 0.4) is 0 Å². The van der Waals surface area contributed by atoms with Gasteiger partial charge in [-0.1, -0.05) is 0 Å². The highest BCUT2D eigenvalue weighted by atomic mass is 32.2. The summed E-state index contributed by atoms with van der Waals surface area (Å²) in [5.74, 6) is -0.104. The molecule has 9 heteroatoms. The number of fused-ring (bicyclic) bond motifs is 1. The van der Waals surface area contributed by atoms with E-state index in [1.165, 1.54) is 6.07 Å². The van der Waals surface area contributed by atoms with Crippen LogP contribution in [0.15, 0.2) is 16.0 Å². The molecule has 0 radical (unpaired) electrons. The predicted octanol–water partition coefficient (Wildman–Crippen LogP) is -1.03. The number of aromatic amines is 1. The molecule has 0 fully saturated rings. The summed E-state index contributed by atoms with van der Waals surface area (Å²) in [6.45, 7) is 1.57. The molecule has 2 heterocycles. The molecule has 0 spiro atoms. The average molecular weight is 230 g/mol. The topological polar surface area (TPSA) is 117 Å². The fourth-order valence-electron chi connectivity index (χ4n) is 1.09. The number of aryl methyl sites for hydroxylation is 1. The van der Waals surface area contributed by atoms with Crippen molar-refractivity contribution in [3.63, 3.8) is 0 Å². The van der Waals surface area contributed by atoms with Crippen molar-refractivity contribution < 1.29 is 13.0 Å². The van der Waals surface area contributed by atoms with Crippen molar-refractivity contribution in [2.45, 2.75) is 12.1 Å². The van der Waals surface area contributed by atoms with E-state index in [4.69, 9.17) is 4.55 Å². The van der Waals surface area contributed by atoms with Gasteiger partial charge in [0.2, 0.25) is 0 Å². The molecule has 0 aliphatic carbocycles. The molecule has 0 amide bonds. The zero-order valence-electron chi connectivity index (χ0n) is 7.50. The molecule has 15 heavy (non-hydrogen) atoms. The summed E-state index contributed by atoms with van der Waals surface area (Å²) in [5, 5.41) is 1.41. The van der Waals surface area contributed by atoms with Crippen molar-refractivity contribution in [1.29, 1.82) is 0 Å². The van der Waals surface area contributed by atoms with E-state index in [1.807, 2.05) is 0 Å². The minimum atomic E-state index is -4.46. The van der Waals surface area contributed by atoms with Gasteiger partial charge in [0.25, 0.3) is 16.5 Å². The number of aromatic nitrogens is 4. The minimum Gasteiger partial charge on any atom is -0.279 e. The Morgan fingerprint density at radius 2 is 2.13 bits per heavy atom. The highest BCUT2D eigenvalue weighted by molar-refractivity contribution is 7.85. The third kappa shape index (κ3) is 1.62. The van der Waals surface area contributed by atoms with Crippen molar-refractivity contribution in [1.82, 2.24) is 19.6 Å². The first-order valence-corrected chi connectivity index (χ1v) is 5.26. The molecule has 2 aromatic rings. The molecular formula is C6H6N4O4S. The van der Waals surface area contributed by atoms with Gasteiger partial charge in [0.15, 0.2) is 0 Å². The highest BCUT2D eigenvalue weighted by Crippen LogP contribution is 2.02. The smallest absolute Gasteiger partial charge is 0.279 e. The van der Waals surface area contributed by atoms with Crippen molar-refractivity contribution in [2.75, 3.05) is 0 Å². The molecule has 0 bridgehead atoms. The molecule has 2 rings (SSSR count). The third-order valence-electron chi connectivity index (χ3n) is 1.68. The van der Waals surface area contributed by atoms with Gasteiger partial charge in [0.1, 0.15) is 0 Å². The van der Waals surface area contributed by atoms with Crippen LogP contribution in [0.1, 0.15) is 5.69 Å². The second-order valence-corrected chi connectivity index (χ2v) is 4.21. The standard InChI is InChI=1S/C6H6N4O4S/c1-3-2-4(11)10-5(7-3)8-6(9-10)15(12,13)14/h2H,1H3,(H,7,8,9)(H,12,13,14). The van der Waals surface area contributed by atoms with Crippen LogP contribution in [0, 0.1) is 6.92 Å². The van der Waals surface area contributed by atoms with Crippen LogP contribution in [-0.4, -0.2) is 32.6 Å². The minimum absolute atomic E-state index is 0.104. The van der Waals surface area contributed by atoms with Crippen LogP contribution < -0.4 is 5.56 Å². The van der Waals surface area contributed by atoms with Gasteiger partial charge in [0, 0.05) is 11.8 Å². The van der Waals surface area contributed by atoms with Gasteiger partial charge in [-0.2, -0.15) is 17.9 Å². The molecule has 0 aliphatic rings. The van der Waals surface area contributed by atoms with Gasteiger partial charge in [-0.15, -0.1) is 0 Å². The maximum absolute atomic E-state index is 11.3. The second kappa shape index (κ2) is 2.87. The van der Waals surface area contributed by atoms with E-state index >= 15 is 0 Å². The average Bonchev–Trinajstić information content (AvgIpc) is 2.46. The molecule has 2 N–H and O–H groups in total. The molecule has 0 saturated carbocycles. The number of nitrogens with zero attached hydrogens (tertiary/aromatic N) is 3.